The summed E-state index contributed by atoms with van der Waals surface area (Å²) in [5.74, 6) is 0. The number of fused-ring (bicyclic) bond motifs is 1. The molecule has 5 heteroatoms. The highest BCUT2D eigenvalue weighted by Gasteiger charge is 2.30. The standard InChI is InChI=1S/C10H8F3NS/c1-2-9-14-7-5-6(10(11,12)13)3-4-8(7)15-9/h3-5H,2H2,1H3. The molecular formula is C10H8F3NS. The number of thiazole rings is 1. The average Bonchev–Trinajstić information content (AvgIpc) is 2.57. The molecule has 1 heterocycles. The average molecular weight is 231 g/mol. The summed E-state index contributed by atoms with van der Waals surface area (Å²) in [4.78, 5) is 4.12. The fourth-order valence-electron chi connectivity index (χ4n) is 1.30. The van der Waals surface area contributed by atoms with Crippen LogP contribution in [-0.4, -0.2) is 4.98 Å². The zero-order valence-electron chi connectivity index (χ0n) is 7.93. The molecule has 0 aliphatic rings. The van der Waals surface area contributed by atoms with Crippen molar-refractivity contribution in [1.82, 2.24) is 4.98 Å². The summed E-state index contributed by atoms with van der Waals surface area (Å²) in [5, 5.41) is 0.865. The lowest BCUT2D eigenvalue weighted by Crippen LogP contribution is -2.03. The van der Waals surface area contributed by atoms with Crippen LogP contribution < -0.4 is 0 Å². The Hall–Kier alpha value is -1.10. The van der Waals surface area contributed by atoms with Crippen LogP contribution in [-0.2, 0) is 12.6 Å². The molecule has 1 aromatic heterocycles. The molecule has 2 rings (SSSR count). The van der Waals surface area contributed by atoms with E-state index in [1.54, 1.807) is 0 Å². The van der Waals surface area contributed by atoms with Crippen LogP contribution in [0.3, 0.4) is 0 Å². The zero-order chi connectivity index (χ0) is 11.1. The fraction of sp³-hybridized carbons (Fsp3) is 0.300. The van der Waals surface area contributed by atoms with Gasteiger partial charge in [0.2, 0.25) is 0 Å². The molecule has 0 N–H and O–H groups in total. The summed E-state index contributed by atoms with van der Waals surface area (Å²) in [6, 6.07) is 3.68. The second-order valence-corrected chi connectivity index (χ2v) is 4.26. The number of rotatable bonds is 1. The van der Waals surface area contributed by atoms with E-state index in [0.29, 0.717) is 5.52 Å². The Bertz CT molecular complexity index is 487. The predicted octanol–water partition coefficient (Wildman–Crippen LogP) is 3.88. The summed E-state index contributed by atoms with van der Waals surface area (Å²) < 4.78 is 37.9. The molecule has 15 heavy (non-hydrogen) atoms. The van der Waals surface area contributed by atoms with E-state index in [4.69, 9.17) is 0 Å². The van der Waals surface area contributed by atoms with E-state index in [1.165, 1.54) is 17.4 Å². The van der Waals surface area contributed by atoms with Crippen molar-refractivity contribution < 1.29 is 13.2 Å². The molecule has 0 fully saturated rings. The van der Waals surface area contributed by atoms with Gasteiger partial charge in [-0.15, -0.1) is 11.3 Å². The molecule has 1 aromatic carbocycles. The molecule has 0 saturated carbocycles. The molecule has 1 nitrogen and oxygen atoms in total. The number of aryl methyl sites for hydroxylation is 1. The van der Waals surface area contributed by atoms with Crippen LogP contribution in [0.15, 0.2) is 18.2 Å². The van der Waals surface area contributed by atoms with Crippen LogP contribution in [0, 0.1) is 0 Å². The minimum absolute atomic E-state index is 0.437. The predicted molar refractivity (Wildman–Crippen MR) is 54.0 cm³/mol. The summed E-state index contributed by atoms with van der Waals surface area (Å²) in [6.45, 7) is 1.93. The first-order valence-corrected chi connectivity index (χ1v) is 5.29. The summed E-state index contributed by atoms with van der Waals surface area (Å²) >= 11 is 1.44. The molecule has 0 aliphatic heterocycles. The third-order valence-corrected chi connectivity index (χ3v) is 3.24. The minimum atomic E-state index is -4.29. The van der Waals surface area contributed by atoms with Crippen molar-refractivity contribution in [2.45, 2.75) is 19.5 Å². The van der Waals surface area contributed by atoms with Crippen LogP contribution in [0.1, 0.15) is 17.5 Å². The number of hydrogen-bond donors (Lipinski definition) is 0. The van der Waals surface area contributed by atoms with Gasteiger partial charge in [0.25, 0.3) is 0 Å². The molecule has 2 aromatic rings. The van der Waals surface area contributed by atoms with Gasteiger partial charge in [-0.25, -0.2) is 4.98 Å². The van der Waals surface area contributed by atoms with E-state index in [9.17, 15) is 13.2 Å². The second kappa shape index (κ2) is 3.48. The van der Waals surface area contributed by atoms with Crippen molar-refractivity contribution in [3.8, 4) is 0 Å². The number of hydrogen-bond acceptors (Lipinski definition) is 2. The van der Waals surface area contributed by atoms with Gasteiger partial charge in [-0.1, -0.05) is 6.92 Å². The SMILES string of the molecule is CCc1nc2cc(C(F)(F)F)ccc2s1. The number of benzene rings is 1. The molecule has 0 amide bonds. The monoisotopic (exact) mass is 231 g/mol. The quantitative estimate of drug-likeness (QED) is 0.725. The van der Waals surface area contributed by atoms with Crippen LogP contribution in [0.25, 0.3) is 10.2 Å². The second-order valence-electron chi connectivity index (χ2n) is 3.14. The Balaban J connectivity index is 2.55. The van der Waals surface area contributed by atoms with Gasteiger partial charge in [0.1, 0.15) is 0 Å². The van der Waals surface area contributed by atoms with Gasteiger partial charge in [0.05, 0.1) is 20.8 Å². The number of aromatic nitrogens is 1. The third-order valence-electron chi connectivity index (χ3n) is 2.06. The first-order valence-electron chi connectivity index (χ1n) is 4.47. The first kappa shape index (κ1) is 10.4. The summed E-state index contributed by atoms with van der Waals surface area (Å²) in [6.07, 6.45) is -3.54. The number of alkyl halides is 3. The molecule has 0 unspecified atom stereocenters. The summed E-state index contributed by atoms with van der Waals surface area (Å²) in [5.41, 5.74) is -0.199. The van der Waals surface area contributed by atoms with Crippen LogP contribution in [0.2, 0.25) is 0 Å². The Labute approximate surface area is 88.6 Å². The van der Waals surface area contributed by atoms with E-state index < -0.39 is 11.7 Å². The van der Waals surface area contributed by atoms with E-state index >= 15 is 0 Å². The van der Waals surface area contributed by atoms with Gasteiger partial charge in [-0.3, -0.25) is 0 Å². The topological polar surface area (TPSA) is 12.9 Å². The zero-order valence-corrected chi connectivity index (χ0v) is 8.75. The van der Waals surface area contributed by atoms with Gasteiger partial charge in [-0.05, 0) is 24.6 Å². The molecule has 0 radical (unpaired) electrons. The molecule has 0 spiro atoms. The largest absolute Gasteiger partial charge is 0.416 e. The highest BCUT2D eigenvalue weighted by atomic mass is 32.1. The van der Waals surface area contributed by atoms with Crippen LogP contribution in [0.5, 0.6) is 0 Å². The highest BCUT2D eigenvalue weighted by molar-refractivity contribution is 7.18. The van der Waals surface area contributed by atoms with Gasteiger partial charge in [-0.2, -0.15) is 13.2 Å². The van der Waals surface area contributed by atoms with Crippen LogP contribution in [0.4, 0.5) is 13.2 Å². The number of halogens is 3. The van der Waals surface area contributed by atoms with Crippen molar-refractivity contribution in [1.29, 1.82) is 0 Å². The summed E-state index contributed by atoms with van der Waals surface area (Å²) in [7, 11) is 0. The Morgan fingerprint density at radius 3 is 2.67 bits per heavy atom. The van der Waals surface area contributed by atoms with Gasteiger partial charge >= 0.3 is 6.18 Å². The normalized spacial score (nSPS) is 12.3. The Morgan fingerprint density at radius 2 is 2.07 bits per heavy atom. The minimum Gasteiger partial charge on any atom is -0.241 e. The maximum absolute atomic E-state index is 12.4. The van der Waals surface area contributed by atoms with Gasteiger partial charge in [0.15, 0.2) is 0 Å². The van der Waals surface area contributed by atoms with Gasteiger partial charge < -0.3 is 0 Å². The van der Waals surface area contributed by atoms with Crippen molar-refractivity contribution in [2.75, 3.05) is 0 Å². The lowest BCUT2D eigenvalue weighted by Gasteiger charge is -2.04. The fourth-order valence-corrected chi connectivity index (χ4v) is 2.19. The van der Waals surface area contributed by atoms with Crippen LogP contribution >= 0.6 is 11.3 Å². The lowest BCUT2D eigenvalue weighted by atomic mass is 10.2. The molecule has 0 saturated heterocycles. The lowest BCUT2D eigenvalue weighted by molar-refractivity contribution is -0.137. The van der Waals surface area contributed by atoms with Crippen molar-refractivity contribution >= 4 is 21.6 Å². The smallest absolute Gasteiger partial charge is 0.241 e. The Morgan fingerprint density at radius 1 is 1.33 bits per heavy atom. The van der Waals surface area contributed by atoms with E-state index in [-0.39, 0.29) is 0 Å². The third kappa shape index (κ3) is 1.97. The molecule has 0 atom stereocenters. The number of nitrogens with zero attached hydrogens (tertiary/aromatic N) is 1. The van der Waals surface area contributed by atoms with E-state index in [0.717, 1.165) is 28.3 Å². The van der Waals surface area contributed by atoms with Crippen molar-refractivity contribution in [2.24, 2.45) is 0 Å². The van der Waals surface area contributed by atoms with E-state index in [1.807, 2.05) is 6.92 Å². The highest BCUT2D eigenvalue weighted by Crippen LogP contribution is 2.32. The molecular weight excluding hydrogens is 223 g/mol. The molecule has 80 valence electrons. The van der Waals surface area contributed by atoms with Crippen molar-refractivity contribution in [3.05, 3.63) is 28.8 Å². The Kier molecular flexibility index (Phi) is 2.42. The maximum Gasteiger partial charge on any atom is 0.416 e. The molecule has 0 aliphatic carbocycles. The van der Waals surface area contributed by atoms with Crippen molar-refractivity contribution in [3.63, 3.8) is 0 Å². The van der Waals surface area contributed by atoms with E-state index in [2.05, 4.69) is 4.98 Å². The maximum atomic E-state index is 12.4. The first-order chi connectivity index (χ1) is 7.00. The molecule has 0 bridgehead atoms. The van der Waals surface area contributed by atoms with Gasteiger partial charge in [0, 0.05) is 0 Å².